The number of nitrogens with one attached hydrogen (secondary N) is 5. The van der Waals surface area contributed by atoms with Crippen LogP contribution < -0.4 is 37.1 Å². The summed E-state index contributed by atoms with van der Waals surface area (Å²) in [5.41, 5.74) is 8.96. The molecule has 3 aromatic rings. The van der Waals surface area contributed by atoms with E-state index in [4.69, 9.17) is 10.5 Å². The fraction of sp³-hybridized carbons (Fsp3) is 0.289. The third-order valence-corrected chi connectivity index (χ3v) is 7.86. The van der Waals surface area contributed by atoms with Crippen molar-refractivity contribution in [3.8, 4) is 5.75 Å². The summed E-state index contributed by atoms with van der Waals surface area (Å²) >= 11 is 4.56. The minimum Gasteiger partial charge on any atom is -0.494 e. The Morgan fingerprint density at radius 1 is 0.907 bits per heavy atom. The van der Waals surface area contributed by atoms with Gasteiger partial charge in [0.25, 0.3) is 5.91 Å². The third kappa shape index (κ3) is 14.3. The topological polar surface area (TPSA) is 230 Å². The van der Waals surface area contributed by atoms with Crippen LogP contribution in [0.15, 0.2) is 78.1 Å². The first-order valence-electron chi connectivity index (χ1n) is 16.9. The second-order valence-electron chi connectivity index (χ2n) is 12.2. The number of benzene rings is 3. The summed E-state index contributed by atoms with van der Waals surface area (Å²) in [6.07, 6.45) is 1.03. The number of aliphatic imine (C=N–C) groups is 1. The number of aliphatic carboxylic acids is 1. The SMILES string of the molecule is C=C(N)Nc1cccc(C(=O)CCC(=O)NCC(NC(=O)c2c(C)cc(OCCCCC(=O)CNC(=O)Nc3ccc(N=C=S)cc3)cc2C)C(=O)O)c1. The normalized spacial score (nSPS) is 10.9. The van der Waals surface area contributed by atoms with Gasteiger partial charge in [0, 0.05) is 48.3 Å². The van der Waals surface area contributed by atoms with Gasteiger partial charge in [0.2, 0.25) is 5.91 Å². The Kier molecular flexibility index (Phi) is 16.5. The van der Waals surface area contributed by atoms with Gasteiger partial charge in [0.1, 0.15) is 11.8 Å². The molecule has 3 rings (SSSR count). The molecule has 0 fully saturated rings. The molecule has 1 atom stereocenters. The Hall–Kier alpha value is -6.38. The molecule has 0 saturated carbocycles. The second-order valence-corrected chi connectivity index (χ2v) is 12.3. The molecule has 4 amide bonds. The lowest BCUT2D eigenvalue weighted by molar-refractivity contribution is -0.139. The average molecular weight is 758 g/mol. The number of thiocarbonyl (C=S) groups is 1. The van der Waals surface area contributed by atoms with Crippen LogP contribution in [0.1, 0.15) is 63.9 Å². The molecule has 16 heteroatoms. The molecule has 8 N–H and O–H groups in total. The summed E-state index contributed by atoms with van der Waals surface area (Å²) in [6.45, 7) is 6.71. The molecule has 1 unspecified atom stereocenters. The molecular weight excluding hydrogens is 715 g/mol. The quantitative estimate of drug-likeness (QED) is 0.0338. The predicted molar refractivity (Wildman–Crippen MR) is 207 cm³/mol. The van der Waals surface area contributed by atoms with Gasteiger partial charge >= 0.3 is 12.0 Å². The molecule has 54 heavy (non-hydrogen) atoms. The molecule has 0 saturated heterocycles. The summed E-state index contributed by atoms with van der Waals surface area (Å²) in [4.78, 5) is 78.3. The summed E-state index contributed by atoms with van der Waals surface area (Å²) in [5.74, 6) is -2.27. The number of nitrogens with zero attached hydrogens (tertiary/aromatic N) is 1. The Morgan fingerprint density at radius 3 is 2.26 bits per heavy atom. The number of unbranched alkanes of at least 4 members (excludes halogenated alkanes) is 1. The van der Waals surface area contributed by atoms with Crippen molar-refractivity contribution in [1.29, 1.82) is 0 Å². The largest absolute Gasteiger partial charge is 0.494 e. The van der Waals surface area contributed by atoms with Crippen molar-refractivity contribution in [2.75, 3.05) is 30.3 Å². The number of rotatable bonds is 21. The highest BCUT2D eigenvalue weighted by atomic mass is 32.1. The van der Waals surface area contributed by atoms with Crippen molar-refractivity contribution in [1.82, 2.24) is 16.0 Å². The van der Waals surface area contributed by atoms with Crippen LogP contribution in [0.25, 0.3) is 0 Å². The molecule has 0 bridgehead atoms. The number of carboxylic acids is 1. The lowest BCUT2D eigenvalue weighted by Gasteiger charge is -2.18. The summed E-state index contributed by atoms with van der Waals surface area (Å²) in [5, 5.41) is 24.9. The Bertz CT molecular complexity index is 1900. The van der Waals surface area contributed by atoms with Crippen LogP contribution in [-0.4, -0.2) is 71.4 Å². The van der Waals surface area contributed by atoms with E-state index in [-0.39, 0.29) is 48.8 Å². The van der Waals surface area contributed by atoms with Crippen LogP contribution in [0.4, 0.5) is 21.9 Å². The van der Waals surface area contributed by atoms with E-state index in [9.17, 15) is 33.9 Å². The molecule has 0 aromatic heterocycles. The van der Waals surface area contributed by atoms with Crippen LogP contribution in [0.5, 0.6) is 5.75 Å². The van der Waals surface area contributed by atoms with Crippen LogP contribution in [0.2, 0.25) is 0 Å². The zero-order valence-corrected chi connectivity index (χ0v) is 30.8. The number of anilines is 2. The van der Waals surface area contributed by atoms with Crippen molar-refractivity contribution in [3.05, 3.63) is 95.3 Å². The molecule has 0 aliphatic rings. The van der Waals surface area contributed by atoms with Crippen molar-refractivity contribution in [2.45, 2.75) is 52.0 Å². The minimum absolute atomic E-state index is 0.116. The molecule has 3 aromatic carbocycles. The van der Waals surface area contributed by atoms with Gasteiger partial charge in [-0.15, -0.1) is 0 Å². The monoisotopic (exact) mass is 757 g/mol. The van der Waals surface area contributed by atoms with E-state index in [0.717, 1.165) is 0 Å². The fourth-order valence-electron chi connectivity index (χ4n) is 5.16. The van der Waals surface area contributed by atoms with Crippen molar-refractivity contribution >= 4 is 69.8 Å². The molecule has 0 heterocycles. The lowest BCUT2D eigenvalue weighted by Crippen LogP contribution is -2.48. The Labute approximate surface area is 317 Å². The number of aryl methyl sites for hydroxylation is 2. The molecule has 0 aliphatic heterocycles. The van der Waals surface area contributed by atoms with Gasteiger partial charge in [-0.1, -0.05) is 18.7 Å². The van der Waals surface area contributed by atoms with E-state index in [2.05, 4.69) is 55.5 Å². The van der Waals surface area contributed by atoms with Crippen LogP contribution in [-0.2, 0) is 14.4 Å². The van der Waals surface area contributed by atoms with Gasteiger partial charge in [-0.3, -0.25) is 19.2 Å². The van der Waals surface area contributed by atoms with E-state index in [0.29, 0.717) is 59.0 Å². The maximum atomic E-state index is 13.1. The number of isothiocyanates is 1. The molecule has 0 spiro atoms. The first-order valence-corrected chi connectivity index (χ1v) is 17.3. The van der Waals surface area contributed by atoms with Gasteiger partial charge in [-0.25, -0.2) is 9.59 Å². The number of hydrogen-bond acceptors (Lipinski definition) is 11. The molecule has 284 valence electrons. The van der Waals surface area contributed by atoms with E-state index in [1.807, 2.05) is 0 Å². The maximum Gasteiger partial charge on any atom is 0.328 e. The summed E-state index contributed by atoms with van der Waals surface area (Å²) in [7, 11) is 0. The zero-order chi connectivity index (χ0) is 39.6. The van der Waals surface area contributed by atoms with Gasteiger partial charge in [-0.05, 0) is 98.6 Å². The minimum atomic E-state index is -1.43. The molecule has 0 aliphatic carbocycles. The molecule has 15 nitrogen and oxygen atoms in total. The number of ether oxygens (including phenoxy) is 1. The van der Waals surface area contributed by atoms with Crippen LogP contribution >= 0.6 is 12.2 Å². The van der Waals surface area contributed by atoms with Gasteiger partial charge < -0.3 is 42.2 Å². The fourth-order valence-corrected chi connectivity index (χ4v) is 5.26. The van der Waals surface area contributed by atoms with Crippen LogP contribution in [0, 0.1) is 13.8 Å². The number of Topliss-reactive ketones (excluding diaryl/α,β-unsaturated/α-hetero) is 2. The predicted octanol–water partition coefficient (Wildman–Crippen LogP) is 4.78. The highest BCUT2D eigenvalue weighted by Crippen LogP contribution is 2.23. The van der Waals surface area contributed by atoms with Gasteiger partial charge in [-0.2, -0.15) is 4.99 Å². The van der Waals surface area contributed by atoms with Gasteiger partial charge in [0.05, 0.1) is 29.8 Å². The number of urea groups is 1. The van der Waals surface area contributed by atoms with Gasteiger partial charge in [0.15, 0.2) is 11.6 Å². The van der Waals surface area contributed by atoms with E-state index in [1.165, 1.54) is 0 Å². The smallest absolute Gasteiger partial charge is 0.328 e. The van der Waals surface area contributed by atoms with Crippen molar-refractivity contribution in [3.63, 3.8) is 0 Å². The van der Waals surface area contributed by atoms with Crippen LogP contribution in [0.3, 0.4) is 0 Å². The van der Waals surface area contributed by atoms with Crippen molar-refractivity contribution in [2.24, 2.45) is 10.7 Å². The highest BCUT2D eigenvalue weighted by molar-refractivity contribution is 7.78. The second kappa shape index (κ2) is 21.2. The number of carbonyl (C=O) groups is 6. The summed E-state index contributed by atoms with van der Waals surface area (Å²) in [6, 6.07) is 14.5. The number of carbonyl (C=O) groups excluding carboxylic acids is 5. The van der Waals surface area contributed by atoms with E-state index >= 15 is 0 Å². The van der Waals surface area contributed by atoms with E-state index in [1.54, 1.807) is 74.5 Å². The zero-order valence-electron chi connectivity index (χ0n) is 30.0. The standard InChI is InChI=1S/C38H43N7O8S/c1-23-17-31(53-16-5-4-9-30(46)20-41-38(52)44-28-12-10-27(11-13-28)42-22-54)18-24(2)35(23)36(49)45-32(37(50)51)21-40-34(48)15-14-33(47)26-7-6-8-29(19-26)43-25(3)39/h6-8,10-13,17-19,32,43H,3-5,9,14-16,20-21,39H2,1-2H3,(H,40,48)(H,45,49)(H,50,51)(H2,41,44,52). The Balaban J connectivity index is 1.39. The average Bonchev–Trinajstić information content (AvgIpc) is 3.11. The maximum absolute atomic E-state index is 13.1. The molecule has 0 radical (unpaired) electrons. The Morgan fingerprint density at radius 2 is 1.61 bits per heavy atom. The third-order valence-electron chi connectivity index (χ3n) is 7.77. The number of ketones is 2. The number of nitrogens with two attached hydrogens (primary N) is 1. The number of carboxylic acid groups (broad SMARTS) is 1. The van der Waals surface area contributed by atoms with Crippen molar-refractivity contribution < 1.29 is 38.6 Å². The highest BCUT2D eigenvalue weighted by Gasteiger charge is 2.24. The first kappa shape index (κ1) is 42.0. The lowest BCUT2D eigenvalue weighted by atomic mass is 10.0. The summed E-state index contributed by atoms with van der Waals surface area (Å²) < 4.78 is 5.83. The first-order chi connectivity index (χ1) is 25.7. The number of amides is 4. The number of hydrogen-bond donors (Lipinski definition) is 7. The van der Waals surface area contributed by atoms with E-state index < -0.39 is 36.4 Å². The molecular formula is C38H43N7O8S.